The standard InChI is InChI=1S/C19H12Cl2N4O/c20-15-7-5-13(9-16(15)21)24-14-6-8-18(23-11-14)19(26)25-17-4-2-1-3-12(17)10-22/h1-9,11,24H,(H,25,26). The van der Waals surface area contributed by atoms with Crippen LogP contribution in [-0.2, 0) is 0 Å². The van der Waals surface area contributed by atoms with E-state index in [1.165, 1.54) is 6.20 Å². The van der Waals surface area contributed by atoms with Crippen molar-refractivity contribution >= 4 is 46.2 Å². The first-order valence-electron chi connectivity index (χ1n) is 7.55. The van der Waals surface area contributed by atoms with E-state index in [4.69, 9.17) is 28.5 Å². The summed E-state index contributed by atoms with van der Waals surface area (Å²) in [4.78, 5) is 16.4. The number of nitriles is 1. The Labute approximate surface area is 160 Å². The molecule has 2 aromatic carbocycles. The normalized spacial score (nSPS) is 10.0. The number of benzene rings is 2. The van der Waals surface area contributed by atoms with Crippen LogP contribution >= 0.6 is 23.2 Å². The first-order valence-corrected chi connectivity index (χ1v) is 8.31. The Kier molecular flexibility index (Phi) is 5.37. The number of rotatable bonds is 4. The smallest absolute Gasteiger partial charge is 0.274 e. The molecule has 0 aliphatic heterocycles. The van der Waals surface area contributed by atoms with Crippen LogP contribution in [0.25, 0.3) is 0 Å². The molecule has 128 valence electrons. The highest BCUT2D eigenvalue weighted by Crippen LogP contribution is 2.26. The summed E-state index contributed by atoms with van der Waals surface area (Å²) < 4.78 is 0. The van der Waals surface area contributed by atoms with E-state index < -0.39 is 5.91 Å². The number of pyridine rings is 1. The molecule has 0 spiro atoms. The van der Waals surface area contributed by atoms with Crippen LogP contribution in [0.3, 0.4) is 0 Å². The maximum atomic E-state index is 12.3. The van der Waals surface area contributed by atoms with Crippen molar-refractivity contribution < 1.29 is 4.79 Å². The average Bonchev–Trinajstić information content (AvgIpc) is 2.66. The number of hydrogen-bond acceptors (Lipinski definition) is 4. The number of aromatic nitrogens is 1. The van der Waals surface area contributed by atoms with Crippen molar-refractivity contribution in [3.63, 3.8) is 0 Å². The van der Waals surface area contributed by atoms with Crippen molar-refractivity contribution in [1.82, 2.24) is 4.98 Å². The second-order valence-corrected chi connectivity index (χ2v) is 6.11. The molecule has 1 aromatic heterocycles. The van der Waals surface area contributed by atoms with Gasteiger partial charge in [-0.2, -0.15) is 5.26 Å². The maximum Gasteiger partial charge on any atom is 0.274 e. The number of nitrogens with zero attached hydrogens (tertiary/aromatic N) is 2. The zero-order valence-corrected chi connectivity index (χ0v) is 14.8. The van der Waals surface area contributed by atoms with Gasteiger partial charge in [0, 0.05) is 5.69 Å². The second-order valence-electron chi connectivity index (χ2n) is 5.30. The molecule has 5 nitrogen and oxygen atoms in total. The first kappa shape index (κ1) is 17.7. The highest BCUT2D eigenvalue weighted by atomic mass is 35.5. The Morgan fingerprint density at radius 3 is 2.46 bits per heavy atom. The fraction of sp³-hybridized carbons (Fsp3) is 0. The molecule has 3 rings (SSSR count). The number of para-hydroxylation sites is 1. The molecule has 7 heteroatoms. The van der Waals surface area contributed by atoms with E-state index in [9.17, 15) is 4.79 Å². The van der Waals surface area contributed by atoms with E-state index in [2.05, 4.69) is 15.6 Å². The van der Waals surface area contributed by atoms with Gasteiger partial charge in [0.25, 0.3) is 5.91 Å². The van der Waals surface area contributed by atoms with Crippen LogP contribution in [0.5, 0.6) is 0 Å². The maximum absolute atomic E-state index is 12.3. The molecule has 0 saturated heterocycles. The Morgan fingerprint density at radius 2 is 1.77 bits per heavy atom. The van der Waals surface area contributed by atoms with Gasteiger partial charge in [-0.05, 0) is 42.5 Å². The van der Waals surface area contributed by atoms with Crippen LogP contribution in [0.15, 0.2) is 60.8 Å². The van der Waals surface area contributed by atoms with Gasteiger partial charge in [-0.3, -0.25) is 4.79 Å². The van der Waals surface area contributed by atoms with Crippen molar-refractivity contribution in [3.05, 3.63) is 82.1 Å². The molecular weight excluding hydrogens is 371 g/mol. The number of nitrogens with one attached hydrogen (secondary N) is 2. The van der Waals surface area contributed by atoms with Gasteiger partial charge in [-0.25, -0.2) is 4.98 Å². The summed E-state index contributed by atoms with van der Waals surface area (Å²) in [7, 11) is 0. The summed E-state index contributed by atoms with van der Waals surface area (Å²) in [5.41, 5.74) is 2.51. The molecule has 0 bridgehead atoms. The van der Waals surface area contributed by atoms with Crippen LogP contribution in [0, 0.1) is 11.3 Å². The van der Waals surface area contributed by atoms with Crippen LogP contribution in [-0.4, -0.2) is 10.9 Å². The van der Waals surface area contributed by atoms with E-state index in [1.807, 2.05) is 6.07 Å². The Morgan fingerprint density at radius 1 is 1.00 bits per heavy atom. The van der Waals surface area contributed by atoms with Crippen LogP contribution in [0.4, 0.5) is 17.1 Å². The summed E-state index contributed by atoms with van der Waals surface area (Å²) in [5, 5.41) is 15.8. The fourth-order valence-corrected chi connectivity index (χ4v) is 2.52. The molecule has 3 aromatic rings. The minimum atomic E-state index is -0.395. The molecule has 2 N–H and O–H groups in total. The third-order valence-corrected chi connectivity index (χ3v) is 4.24. The zero-order chi connectivity index (χ0) is 18.5. The first-order chi connectivity index (χ1) is 12.6. The lowest BCUT2D eigenvalue weighted by atomic mass is 10.2. The quantitative estimate of drug-likeness (QED) is 0.645. The summed E-state index contributed by atoms with van der Waals surface area (Å²) in [6.07, 6.45) is 1.54. The summed E-state index contributed by atoms with van der Waals surface area (Å²) in [6, 6.07) is 17.3. The monoisotopic (exact) mass is 382 g/mol. The average molecular weight is 383 g/mol. The topological polar surface area (TPSA) is 77.8 Å². The molecule has 0 aliphatic carbocycles. The van der Waals surface area contributed by atoms with Crippen molar-refractivity contribution in [2.45, 2.75) is 0 Å². The Bertz CT molecular complexity index is 997. The number of carbonyl (C=O) groups excluding carboxylic acids is 1. The lowest BCUT2D eigenvalue weighted by Crippen LogP contribution is -2.14. The third-order valence-electron chi connectivity index (χ3n) is 3.50. The SMILES string of the molecule is N#Cc1ccccc1NC(=O)c1ccc(Nc2ccc(Cl)c(Cl)c2)cn1. The molecule has 0 saturated carbocycles. The van der Waals surface area contributed by atoms with Gasteiger partial charge in [-0.1, -0.05) is 35.3 Å². The van der Waals surface area contributed by atoms with Gasteiger partial charge in [0.1, 0.15) is 11.8 Å². The molecule has 1 heterocycles. The van der Waals surface area contributed by atoms with E-state index in [-0.39, 0.29) is 5.69 Å². The number of hydrogen-bond donors (Lipinski definition) is 2. The third kappa shape index (κ3) is 4.12. The van der Waals surface area contributed by atoms with Crippen molar-refractivity contribution in [2.75, 3.05) is 10.6 Å². The minimum Gasteiger partial charge on any atom is -0.354 e. The highest BCUT2D eigenvalue weighted by molar-refractivity contribution is 6.42. The molecular formula is C19H12Cl2N4O. The predicted molar refractivity (Wildman–Crippen MR) is 103 cm³/mol. The van der Waals surface area contributed by atoms with Gasteiger partial charge in [0.15, 0.2) is 0 Å². The summed E-state index contributed by atoms with van der Waals surface area (Å²) in [6.45, 7) is 0. The van der Waals surface area contributed by atoms with E-state index in [0.717, 1.165) is 5.69 Å². The van der Waals surface area contributed by atoms with Crippen LogP contribution in [0.1, 0.15) is 16.1 Å². The highest BCUT2D eigenvalue weighted by Gasteiger charge is 2.10. The lowest BCUT2D eigenvalue weighted by Gasteiger charge is -2.09. The minimum absolute atomic E-state index is 0.234. The van der Waals surface area contributed by atoms with Gasteiger partial charge in [-0.15, -0.1) is 0 Å². The lowest BCUT2D eigenvalue weighted by molar-refractivity contribution is 0.102. The number of carbonyl (C=O) groups is 1. The van der Waals surface area contributed by atoms with Crippen molar-refractivity contribution in [3.8, 4) is 6.07 Å². The second kappa shape index (κ2) is 7.87. The number of anilines is 3. The Hall–Kier alpha value is -3.07. The number of halogens is 2. The van der Waals surface area contributed by atoms with Crippen molar-refractivity contribution in [1.29, 1.82) is 5.26 Å². The Balaban J connectivity index is 1.71. The largest absolute Gasteiger partial charge is 0.354 e. The van der Waals surface area contributed by atoms with E-state index >= 15 is 0 Å². The summed E-state index contributed by atoms with van der Waals surface area (Å²) in [5.74, 6) is -0.395. The van der Waals surface area contributed by atoms with Gasteiger partial charge >= 0.3 is 0 Å². The molecule has 0 unspecified atom stereocenters. The number of amides is 1. The van der Waals surface area contributed by atoms with Gasteiger partial charge in [0.05, 0.1) is 33.2 Å². The zero-order valence-electron chi connectivity index (χ0n) is 13.3. The van der Waals surface area contributed by atoms with Gasteiger partial charge < -0.3 is 10.6 Å². The van der Waals surface area contributed by atoms with Crippen molar-refractivity contribution in [2.24, 2.45) is 0 Å². The molecule has 0 fully saturated rings. The van der Waals surface area contributed by atoms with Gasteiger partial charge in [0.2, 0.25) is 0 Å². The molecule has 1 amide bonds. The fourth-order valence-electron chi connectivity index (χ4n) is 2.22. The molecule has 26 heavy (non-hydrogen) atoms. The van der Waals surface area contributed by atoms with E-state index in [1.54, 1.807) is 54.6 Å². The van der Waals surface area contributed by atoms with E-state index in [0.29, 0.717) is 27.0 Å². The summed E-state index contributed by atoms with van der Waals surface area (Å²) >= 11 is 11.9. The molecule has 0 aliphatic rings. The predicted octanol–water partition coefficient (Wildman–Crippen LogP) is 5.26. The molecule has 0 atom stereocenters. The van der Waals surface area contributed by atoms with Crippen LogP contribution in [0.2, 0.25) is 10.0 Å². The van der Waals surface area contributed by atoms with Crippen LogP contribution < -0.4 is 10.6 Å². The molecule has 0 radical (unpaired) electrons.